The molecule has 8 nitrogen and oxygen atoms in total. The number of amides is 3. The predicted octanol–water partition coefficient (Wildman–Crippen LogP) is 4.99. The average molecular weight is 576 g/mol. The third-order valence-electron chi connectivity index (χ3n) is 6.75. The Labute approximate surface area is 237 Å². The summed E-state index contributed by atoms with van der Waals surface area (Å²) < 4.78 is 28.4. The van der Waals surface area contributed by atoms with E-state index in [1.165, 1.54) is 12.1 Å². The van der Waals surface area contributed by atoms with Gasteiger partial charge in [-0.15, -0.1) is 0 Å². The highest BCUT2D eigenvalue weighted by atomic mass is 35.5. The second-order valence-corrected chi connectivity index (χ2v) is 11.6. The van der Waals surface area contributed by atoms with Crippen LogP contribution in [0.2, 0.25) is 5.02 Å². The Bertz CT molecular complexity index is 1690. The average Bonchev–Trinajstić information content (AvgIpc) is 2.96. The molecule has 0 spiro atoms. The number of nitrogens with one attached hydrogen (secondary N) is 2. The number of rotatable bonds is 7. The molecule has 204 valence electrons. The molecule has 40 heavy (non-hydrogen) atoms. The van der Waals surface area contributed by atoms with Crippen LogP contribution in [0.5, 0.6) is 0 Å². The lowest BCUT2D eigenvalue weighted by molar-refractivity contribution is -0.121. The zero-order chi connectivity index (χ0) is 28.3. The lowest BCUT2D eigenvalue weighted by Gasteiger charge is -2.27. The highest BCUT2D eigenvalue weighted by Crippen LogP contribution is 2.24. The molecule has 0 radical (unpaired) electrons. The van der Waals surface area contributed by atoms with E-state index in [2.05, 4.69) is 10.0 Å². The molecule has 0 aromatic heterocycles. The Morgan fingerprint density at radius 3 is 2.27 bits per heavy atom. The van der Waals surface area contributed by atoms with Crippen LogP contribution >= 0.6 is 11.6 Å². The van der Waals surface area contributed by atoms with Gasteiger partial charge in [0.15, 0.2) is 0 Å². The van der Waals surface area contributed by atoms with E-state index in [4.69, 9.17) is 11.6 Å². The van der Waals surface area contributed by atoms with Crippen LogP contribution in [0.1, 0.15) is 41.2 Å². The van der Waals surface area contributed by atoms with Crippen molar-refractivity contribution in [3.05, 3.63) is 107 Å². The lowest BCUT2D eigenvalue weighted by Crippen LogP contribution is -2.42. The SMILES string of the molecule is O=C(NC(C(=O)NS(=O)(=O)c1ccc2cc(Cl)ccc2c1)c1ccccc1)c1ccc(N2CCCCC2=O)cc1. The zero-order valence-electron chi connectivity index (χ0n) is 21.3. The molecule has 4 aromatic rings. The van der Waals surface area contributed by atoms with Gasteiger partial charge in [-0.05, 0) is 77.7 Å². The van der Waals surface area contributed by atoms with Crippen LogP contribution in [-0.4, -0.2) is 32.7 Å². The lowest BCUT2D eigenvalue weighted by atomic mass is 10.1. The summed E-state index contributed by atoms with van der Waals surface area (Å²) in [5.41, 5.74) is 1.37. The van der Waals surface area contributed by atoms with Crippen molar-refractivity contribution in [1.29, 1.82) is 0 Å². The summed E-state index contributed by atoms with van der Waals surface area (Å²) in [6, 6.07) is 23.1. The van der Waals surface area contributed by atoms with Crippen molar-refractivity contribution in [3.8, 4) is 0 Å². The Kier molecular flexibility index (Phi) is 7.86. The number of hydrogen-bond acceptors (Lipinski definition) is 5. The molecule has 1 heterocycles. The van der Waals surface area contributed by atoms with Crippen molar-refractivity contribution < 1.29 is 22.8 Å². The molecule has 1 unspecified atom stereocenters. The molecule has 4 aromatic carbocycles. The number of anilines is 1. The number of hydrogen-bond donors (Lipinski definition) is 2. The topological polar surface area (TPSA) is 113 Å². The molecule has 2 N–H and O–H groups in total. The van der Waals surface area contributed by atoms with Crippen LogP contribution in [0, 0.1) is 0 Å². The molecule has 5 rings (SSSR count). The normalized spacial score (nSPS) is 14.5. The Hall–Kier alpha value is -4.21. The largest absolute Gasteiger partial charge is 0.336 e. The summed E-state index contributed by atoms with van der Waals surface area (Å²) in [6.07, 6.45) is 2.27. The van der Waals surface area contributed by atoms with E-state index in [0.29, 0.717) is 34.6 Å². The Morgan fingerprint density at radius 2 is 1.55 bits per heavy atom. The molecular formula is C30H26ClN3O5S. The van der Waals surface area contributed by atoms with Crippen LogP contribution in [0.3, 0.4) is 0 Å². The van der Waals surface area contributed by atoms with E-state index in [1.54, 1.807) is 83.8 Å². The van der Waals surface area contributed by atoms with Crippen LogP contribution in [0.25, 0.3) is 10.8 Å². The summed E-state index contributed by atoms with van der Waals surface area (Å²) in [5, 5.41) is 4.57. The van der Waals surface area contributed by atoms with Gasteiger partial charge in [0.2, 0.25) is 5.91 Å². The molecule has 1 aliphatic rings. The van der Waals surface area contributed by atoms with Crippen LogP contribution in [0.15, 0.2) is 95.9 Å². The molecule has 0 aliphatic carbocycles. The highest BCUT2D eigenvalue weighted by molar-refractivity contribution is 7.90. The molecule has 1 saturated heterocycles. The van der Waals surface area contributed by atoms with Crippen LogP contribution in [-0.2, 0) is 19.6 Å². The zero-order valence-corrected chi connectivity index (χ0v) is 22.9. The summed E-state index contributed by atoms with van der Waals surface area (Å²) in [4.78, 5) is 40.3. The van der Waals surface area contributed by atoms with E-state index in [9.17, 15) is 22.8 Å². The number of halogens is 1. The molecule has 0 saturated carbocycles. The van der Waals surface area contributed by atoms with Gasteiger partial charge in [-0.25, -0.2) is 13.1 Å². The number of carbonyl (C=O) groups is 3. The van der Waals surface area contributed by atoms with E-state index >= 15 is 0 Å². The maximum Gasteiger partial charge on any atom is 0.264 e. The first-order valence-electron chi connectivity index (χ1n) is 12.7. The van der Waals surface area contributed by atoms with Gasteiger partial charge in [0.25, 0.3) is 21.8 Å². The number of carbonyl (C=O) groups excluding carboxylic acids is 3. The smallest absolute Gasteiger partial charge is 0.264 e. The van der Waals surface area contributed by atoms with Crippen molar-refractivity contribution in [2.45, 2.75) is 30.2 Å². The Balaban J connectivity index is 1.36. The molecule has 0 bridgehead atoms. The van der Waals surface area contributed by atoms with Gasteiger partial charge in [-0.2, -0.15) is 0 Å². The fourth-order valence-electron chi connectivity index (χ4n) is 4.64. The van der Waals surface area contributed by atoms with Crippen molar-refractivity contribution in [3.63, 3.8) is 0 Å². The molecule has 1 aliphatic heterocycles. The van der Waals surface area contributed by atoms with Gasteiger partial charge in [0, 0.05) is 29.2 Å². The standard InChI is InChI=1S/C30H26ClN3O5S/c31-24-13-9-23-19-26(16-12-22(23)18-24)40(38,39)33-30(37)28(20-6-2-1-3-7-20)32-29(36)21-10-14-25(15-11-21)34-17-5-4-8-27(34)35/h1-3,6-7,9-16,18-19,28H,4-5,8,17H2,(H,32,36)(H,33,37). The van der Waals surface area contributed by atoms with Crippen molar-refractivity contribution >= 4 is 55.8 Å². The minimum atomic E-state index is -4.26. The van der Waals surface area contributed by atoms with Gasteiger partial charge in [0.05, 0.1) is 4.90 Å². The summed E-state index contributed by atoms with van der Waals surface area (Å²) in [7, 11) is -4.26. The highest BCUT2D eigenvalue weighted by Gasteiger charge is 2.28. The summed E-state index contributed by atoms with van der Waals surface area (Å²) in [5.74, 6) is -1.44. The number of piperidine rings is 1. The van der Waals surface area contributed by atoms with E-state index in [1.807, 2.05) is 0 Å². The second kappa shape index (κ2) is 11.5. The molecule has 1 atom stereocenters. The molecule has 1 fully saturated rings. The monoisotopic (exact) mass is 575 g/mol. The van der Waals surface area contributed by atoms with Crippen molar-refractivity contribution in [2.75, 3.05) is 11.4 Å². The first-order chi connectivity index (χ1) is 19.2. The summed E-state index contributed by atoms with van der Waals surface area (Å²) in [6.45, 7) is 0.625. The first-order valence-corrected chi connectivity index (χ1v) is 14.6. The number of benzene rings is 4. The molecular weight excluding hydrogens is 550 g/mol. The number of sulfonamides is 1. The fraction of sp³-hybridized carbons (Fsp3) is 0.167. The maximum absolute atomic E-state index is 13.3. The van der Waals surface area contributed by atoms with Gasteiger partial charge < -0.3 is 10.2 Å². The van der Waals surface area contributed by atoms with Crippen molar-refractivity contribution in [1.82, 2.24) is 10.0 Å². The van der Waals surface area contributed by atoms with E-state index < -0.39 is 27.9 Å². The fourth-order valence-corrected chi connectivity index (χ4v) is 5.85. The van der Waals surface area contributed by atoms with Gasteiger partial charge in [-0.3, -0.25) is 14.4 Å². The summed E-state index contributed by atoms with van der Waals surface area (Å²) >= 11 is 6.02. The molecule has 10 heteroatoms. The predicted molar refractivity (Wildman–Crippen MR) is 154 cm³/mol. The number of nitrogens with zero attached hydrogens (tertiary/aromatic N) is 1. The quantitative estimate of drug-likeness (QED) is 0.322. The van der Waals surface area contributed by atoms with Gasteiger partial charge in [0.1, 0.15) is 6.04 Å². The third-order valence-corrected chi connectivity index (χ3v) is 8.33. The van der Waals surface area contributed by atoms with Crippen LogP contribution in [0.4, 0.5) is 5.69 Å². The minimum absolute atomic E-state index is 0.0423. The first kappa shape index (κ1) is 27.4. The molecule has 3 amide bonds. The van der Waals surface area contributed by atoms with E-state index in [-0.39, 0.29) is 16.4 Å². The maximum atomic E-state index is 13.3. The van der Waals surface area contributed by atoms with E-state index in [0.717, 1.165) is 18.2 Å². The second-order valence-electron chi connectivity index (χ2n) is 9.49. The van der Waals surface area contributed by atoms with Crippen molar-refractivity contribution in [2.24, 2.45) is 0 Å². The van der Waals surface area contributed by atoms with Gasteiger partial charge in [-0.1, -0.05) is 54.1 Å². The van der Waals surface area contributed by atoms with Crippen LogP contribution < -0.4 is 14.9 Å². The minimum Gasteiger partial charge on any atom is -0.336 e. The number of fused-ring (bicyclic) bond motifs is 1. The Morgan fingerprint density at radius 1 is 0.850 bits per heavy atom. The van der Waals surface area contributed by atoms with Gasteiger partial charge >= 0.3 is 0 Å². The third kappa shape index (κ3) is 6.00.